The molecule has 0 bridgehead atoms. The van der Waals surface area contributed by atoms with E-state index in [1.807, 2.05) is 13.0 Å². The fraction of sp³-hybridized carbons (Fsp3) is 0.400. The Kier molecular flexibility index (Phi) is 4.42. The van der Waals surface area contributed by atoms with Crippen LogP contribution >= 0.6 is 11.8 Å². The number of benzene rings is 2. The normalized spacial score (nSPS) is 21.6. The molecule has 0 N–H and O–H groups in total. The molecule has 25 heavy (non-hydrogen) atoms. The molecule has 0 aliphatic carbocycles. The van der Waals surface area contributed by atoms with Gasteiger partial charge in [0.1, 0.15) is 0 Å². The van der Waals surface area contributed by atoms with Crippen molar-refractivity contribution in [3.05, 3.63) is 59.2 Å². The maximum Gasteiger partial charge on any atom is 0.220 e. The van der Waals surface area contributed by atoms with Crippen LogP contribution in [-0.2, 0) is 16.4 Å². The number of hydrogen-bond donors (Lipinski definition) is 0. The smallest absolute Gasteiger partial charge is 0.212 e. The average molecular weight is 374 g/mol. The second-order valence-electron chi connectivity index (χ2n) is 7.19. The van der Waals surface area contributed by atoms with Crippen LogP contribution in [0, 0.1) is 5.92 Å². The molecule has 2 aromatic rings. The van der Waals surface area contributed by atoms with Crippen molar-refractivity contribution >= 4 is 21.8 Å². The number of nitrogens with zero attached hydrogens (tertiary/aromatic N) is 1. The molecule has 2 aliphatic heterocycles. The van der Waals surface area contributed by atoms with Crippen molar-refractivity contribution in [2.24, 2.45) is 5.92 Å². The van der Waals surface area contributed by atoms with Gasteiger partial charge in [-0.05, 0) is 54.5 Å². The molecule has 0 radical (unpaired) electrons. The van der Waals surface area contributed by atoms with E-state index >= 15 is 0 Å². The lowest BCUT2D eigenvalue weighted by atomic mass is 10.0. The Hall–Kier alpha value is -1.30. The van der Waals surface area contributed by atoms with Crippen LogP contribution < -0.4 is 0 Å². The Morgan fingerprint density at radius 1 is 1.12 bits per heavy atom. The van der Waals surface area contributed by atoms with Crippen molar-refractivity contribution in [2.45, 2.75) is 41.7 Å². The van der Waals surface area contributed by atoms with Crippen LogP contribution in [0.4, 0.5) is 0 Å². The zero-order valence-electron chi connectivity index (χ0n) is 14.6. The van der Waals surface area contributed by atoms with Gasteiger partial charge in [0.2, 0.25) is 10.0 Å². The highest BCUT2D eigenvalue weighted by atomic mass is 32.2. The van der Waals surface area contributed by atoms with Crippen LogP contribution in [0.3, 0.4) is 0 Å². The molecule has 132 valence electrons. The van der Waals surface area contributed by atoms with Crippen LogP contribution in [0.5, 0.6) is 0 Å². The van der Waals surface area contributed by atoms with Crippen LogP contribution in [0.25, 0.3) is 0 Å². The summed E-state index contributed by atoms with van der Waals surface area (Å²) in [5, 5.41) is -0.495. The largest absolute Gasteiger partial charge is 0.220 e. The maximum absolute atomic E-state index is 13.0. The van der Waals surface area contributed by atoms with E-state index in [4.69, 9.17) is 0 Å². The first-order valence-corrected chi connectivity index (χ1v) is 11.1. The minimum Gasteiger partial charge on any atom is -0.212 e. The molecule has 3 nitrogen and oxygen atoms in total. The van der Waals surface area contributed by atoms with Gasteiger partial charge >= 0.3 is 0 Å². The molecule has 0 saturated carbocycles. The van der Waals surface area contributed by atoms with Crippen molar-refractivity contribution in [1.82, 2.24) is 4.31 Å². The molecule has 0 amide bonds. The number of sulfonamides is 1. The Balaban J connectivity index is 1.62. The molecule has 4 rings (SSSR count). The Labute approximate surface area is 154 Å². The maximum atomic E-state index is 13.0. The van der Waals surface area contributed by atoms with Crippen LogP contribution in [0.15, 0.2) is 52.3 Å². The molecule has 2 aliphatic rings. The third-order valence-corrected chi connectivity index (χ3v) is 8.77. The summed E-state index contributed by atoms with van der Waals surface area (Å²) in [6.07, 6.45) is 1.84. The molecule has 0 aromatic heterocycles. The van der Waals surface area contributed by atoms with Crippen molar-refractivity contribution in [2.75, 3.05) is 13.1 Å². The molecule has 2 aromatic carbocycles. The van der Waals surface area contributed by atoms with Gasteiger partial charge in [0.25, 0.3) is 0 Å². The molecule has 1 unspecified atom stereocenters. The quantitative estimate of drug-likeness (QED) is 0.679. The molecule has 2 atom stereocenters. The topological polar surface area (TPSA) is 37.4 Å². The molecule has 1 fully saturated rings. The predicted molar refractivity (Wildman–Crippen MR) is 103 cm³/mol. The van der Waals surface area contributed by atoms with Gasteiger partial charge in [-0.1, -0.05) is 49.0 Å². The first kappa shape index (κ1) is 17.1. The van der Waals surface area contributed by atoms with Gasteiger partial charge in [0.05, 0.1) is 5.25 Å². The van der Waals surface area contributed by atoms with Gasteiger partial charge in [-0.3, -0.25) is 0 Å². The number of fused-ring (bicyclic) bond motifs is 2. The first-order valence-electron chi connectivity index (χ1n) is 8.82. The van der Waals surface area contributed by atoms with Gasteiger partial charge in [0, 0.05) is 22.9 Å². The van der Waals surface area contributed by atoms with E-state index < -0.39 is 15.3 Å². The van der Waals surface area contributed by atoms with Crippen molar-refractivity contribution in [1.29, 1.82) is 0 Å². The van der Waals surface area contributed by atoms with Gasteiger partial charge in [-0.25, -0.2) is 12.7 Å². The summed E-state index contributed by atoms with van der Waals surface area (Å²) in [6.45, 7) is 5.25. The fourth-order valence-electron chi connectivity index (χ4n) is 3.68. The third-order valence-electron chi connectivity index (χ3n) is 5.32. The Morgan fingerprint density at radius 3 is 2.64 bits per heavy atom. The monoisotopic (exact) mass is 373 g/mol. The van der Waals surface area contributed by atoms with E-state index in [9.17, 15) is 8.42 Å². The Bertz CT molecular complexity index is 908. The zero-order valence-corrected chi connectivity index (χ0v) is 16.2. The minimum absolute atomic E-state index is 0.457. The van der Waals surface area contributed by atoms with Gasteiger partial charge < -0.3 is 0 Å². The molecule has 0 spiro atoms. The van der Waals surface area contributed by atoms with E-state index in [2.05, 4.69) is 43.3 Å². The lowest BCUT2D eigenvalue weighted by Gasteiger charge is -2.24. The van der Waals surface area contributed by atoms with Crippen LogP contribution in [0.2, 0.25) is 0 Å². The Morgan fingerprint density at radius 2 is 1.88 bits per heavy atom. The fourth-order valence-corrected chi connectivity index (χ4v) is 6.50. The highest BCUT2D eigenvalue weighted by Crippen LogP contribution is 2.41. The van der Waals surface area contributed by atoms with E-state index in [1.165, 1.54) is 20.9 Å². The van der Waals surface area contributed by atoms with E-state index in [1.54, 1.807) is 16.1 Å². The summed E-state index contributed by atoms with van der Waals surface area (Å²) >= 11 is 1.78. The predicted octanol–water partition coefficient (Wildman–Crippen LogP) is 4.47. The summed E-state index contributed by atoms with van der Waals surface area (Å²) in [6, 6.07) is 14.6. The van der Waals surface area contributed by atoms with Crippen LogP contribution in [-0.4, -0.2) is 25.8 Å². The standard InChI is InChI=1S/C20H23NO2S2/c1-14-9-10-21(13-14)25(22,23)15(2)16-7-8-20-18(11-16)12-17-5-3-4-6-19(17)24-20/h3-8,11,14-15H,9-10,12-13H2,1-2H3/t14-,15?/m1/s1. The molecule has 5 heteroatoms. The summed E-state index contributed by atoms with van der Waals surface area (Å²) in [7, 11) is -3.29. The summed E-state index contributed by atoms with van der Waals surface area (Å²) in [5.41, 5.74) is 3.46. The van der Waals surface area contributed by atoms with E-state index in [0.717, 1.165) is 18.4 Å². The average Bonchev–Trinajstić information content (AvgIpc) is 3.06. The van der Waals surface area contributed by atoms with E-state index in [-0.39, 0.29) is 0 Å². The third kappa shape index (κ3) is 3.14. The SMILES string of the molecule is CC(c1ccc2c(c1)Cc1ccccc1S2)S(=O)(=O)N1CC[C@@H](C)C1. The number of rotatable bonds is 3. The summed E-state index contributed by atoms with van der Waals surface area (Å²) in [4.78, 5) is 2.54. The lowest BCUT2D eigenvalue weighted by molar-refractivity contribution is 0.456. The molecule has 2 heterocycles. The second-order valence-corrected chi connectivity index (χ2v) is 10.5. The van der Waals surface area contributed by atoms with Crippen LogP contribution in [0.1, 0.15) is 42.2 Å². The van der Waals surface area contributed by atoms with Gasteiger partial charge in [-0.2, -0.15) is 0 Å². The molecular formula is C20H23NO2S2. The summed E-state index contributed by atoms with van der Waals surface area (Å²) < 4.78 is 27.6. The van der Waals surface area contributed by atoms with E-state index in [0.29, 0.717) is 19.0 Å². The lowest BCUT2D eigenvalue weighted by Crippen LogP contribution is -2.32. The molecular weight excluding hydrogens is 350 g/mol. The first-order chi connectivity index (χ1) is 11.9. The highest BCUT2D eigenvalue weighted by Gasteiger charge is 2.34. The van der Waals surface area contributed by atoms with Gasteiger partial charge in [0.15, 0.2) is 0 Å². The van der Waals surface area contributed by atoms with Crippen molar-refractivity contribution in [3.63, 3.8) is 0 Å². The second kappa shape index (κ2) is 6.45. The molecule has 1 saturated heterocycles. The highest BCUT2D eigenvalue weighted by molar-refractivity contribution is 7.99. The summed E-state index contributed by atoms with van der Waals surface area (Å²) in [5.74, 6) is 0.457. The van der Waals surface area contributed by atoms with Crippen molar-refractivity contribution < 1.29 is 8.42 Å². The minimum atomic E-state index is -3.29. The zero-order chi connectivity index (χ0) is 17.6. The van der Waals surface area contributed by atoms with Crippen molar-refractivity contribution in [3.8, 4) is 0 Å². The number of hydrogen-bond acceptors (Lipinski definition) is 3. The van der Waals surface area contributed by atoms with Gasteiger partial charge in [-0.15, -0.1) is 0 Å².